The van der Waals surface area contributed by atoms with E-state index in [2.05, 4.69) is 41.6 Å². The number of likely N-dealkylation sites (N-methyl/N-ethyl adjacent to an activating group) is 1. The van der Waals surface area contributed by atoms with E-state index in [1.165, 1.54) is 17.4 Å². The van der Waals surface area contributed by atoms with E-state index >= 15 is 0 Å². The van der Waals surface area contributed by atoms with Crippen LogP contribution in [-0.4, -0.2) is 46.7 Å². The van der Waals surface area contributed by atoms with Crippen LogP contribution in [0.2, 0.25) is 0 Å². The number of hydrogen-bond acceptors (Lipinski definition) is 3. The van der Waals surface area contributed by atoms with Crippen LogP contribution < -0.4 is 10.6 Å². The second kappa shape index (κ2) is 13.1. The van der Waals surface area contributed by atoms with Gasteiger partial charge in [-0.05, 0) is 44.2 Å². The zero-order valence-corrected chi connectivity index (χ0v) is 22.9. The van der Waals surface area contributed by atoms with Crippen molar-refractivity contribution in [1.29, 1.82) is 0 Å². The Morgan fingerprint density at radius 3 is 2.31 bits per heavy atom. The molecule has 0 aliphatic rings. The van der Waals surface area contributed by atoms with Crippen molar-refractivity contribution in [3.63, 3.8) is 0 Å². The second-order valence-electron chi connectivity index (χ2n) is 10.4. The number of fused-ring (bicyclic) bond motifs is 1. The Hall–Kier alpha value is -3.35. The summed E-state index contributed by atoms with van der Waals surface area (Å²) >= 11 is 0. The van der Waals surface area contributed by atoms with Crippen LogP contribution >= 0.6 is 0 Å². The van der Waals surface area contributed by atoms with Gasteiger partial charge in [-0.1, -0.05) is 57.5 Å². The fourth-order valence-electron chi connectivity index (χ4n) is 4.17. The number of H-pyrrole nitrogens is 1. The molecule has 3 N–H and O–H groups in total. The summed E-state index contributed by atoms with van der Waals surface area (Å²) in [5.74, 6) is -0.710. The molecule has 0 aliphatic heterocycles. The molecule has 2 rings (SSSR count). The number of hydrogen-bond donors (Lipinski definition) is 3. The Labute approximate surface area is 215 Å². The Kier molecular flexibility index (Phi) is 10.5. The predicted molar refractivity (Wildman–Crippen MR) is 147 cm³/mol. The molecule has 0 fully saturated rings. The SMILES string of the molecule is CC(=O)NC(C(=O)N(C)C(CC(C)C)C(=O)N/C=C\c1c(CC=C(C)C)[nH]c2ccccc12)C(C)C. The first-order valence-electron chi connectivity index (χ1n) is 12.7. The fraction of sp³-hybridized carbons (Fsp3) is 0.483. The molecule has 2 atom stereocenters. The summed E-state index contributed by atoms with van der Waals surface area (Å²) in [7, 11) is 1.63. The van der Waals surface area contributed by atoms with E-state index in [4.69, 9.17) is 0 Å². The Morgan fingerprint density at radius 1 is 1.06 bits per heavy atom. The molecule has 1 aromatic heterocycles. The van der Waals surface area contributed by atoms with Gasteiger partial charge in [0.05, 0.1) is 0 Å². The van der Waals surface area contributed by atoms with Gasteiger partial charge in [0.2, 0.25) is 17.7 Å². The highest BCUT2D eigenvalue weighted by molar-refractivity contribution is 5.93. The summed E-state index contributed by atoms with van der Waals surface area (Å²) in [4.78, 5) is 43.1. The van der Waals surface area contributed by atoms with Gasteiger partial charge in [0, 0.05) is 48.8 Å². The zero-order valence-electron chi connectivity index (χ0n) is 22.9. The van der Waals surface area contributed by atoms with E-state index in [0.717, 1.165) is 28.6 Å². The van der Waals surface area contributed by atoms with E-state index in [1.807, 2.05) is 52.0 Å². The number of nitrogens with one attached hydrogen (secondary N) is 3. The number of carbonyl (C=O) groups excluding carboxylic acids is 3. The maximum Gasteiger partial charge on any atom is 0.246 e. The quantitative estimate of drug-likeness (QED) is 0.392. The van der Waals surface area contributed by atoms with Crippen LogP contribution in [0.15, 0.2) is 42.1 Å². The maximum atomic E-state index is 13.3. The lowest BCUT2D eigenvalue weighted by atomic mass is 9.98. The van der Waals surface area contributed by atoms with Crippen molar-refractivity contribution in [2.45, 2.75) is 73.4 Å². The van der Waals surface area contributed by atoms with Crippen molar-refractivity contribution in [2.24, 2.45) is 11.8 Å². The van der Waals surface area contributed by atoms with Crippen LogP contribution in [0.25, 0.3) is 17.0 Å². The number of aromatic amines is 1. The summed E-state index contributed by atoms with van der Waals surface area (Å²) in [5.41, 5.74) is 4.38. The maximum absolute atomic E-state index is 13.3. The number of carbonyl (C=O) groups is 3. The highest BCUT2D eigenvalue weighted by Gasteiger charge is 2.33. The molecule has 0 radical (unpaired) electrons. The average molecular weight is 495 g/mol. The molecule has 1 heterocycles. The topological polar surface area (TPSA) is 94.3 Å². The molecule has 2 aromatic rings. The van der Waals surface area contributed by atoms with E-state index < -0.39 is 12.1 Å². The van der Waals surface area contributed by atoms with Gasteiger partial charge in [-0.15, -0.1) is 0 Å². The summed E-state index contributed by atoms with van der Waals surface area (Å²) in [5, 5.41) is 6.71. The van der Waals surface area contributed by atoms with Gasteiger partial charge < -0.3 is 20.5 Å². The molecule has 0 saturated heterocycles. The normalized spacial score (nSPS) is 13.2. The number of rotatable bonds is 11. The number of para-hydroxylation sites is 1. The molecule has 0 bridgehead atoms. The lowest BCUT2D eigenvalue weighted by Crippen LogP contribution is -2.55. The fourth-order valence-corrected chi connectivity index (χ4v) is 4.17. The third kappa shape index (κ3) is 7.83. The molecule has 7 nitrogen and oxygen atoms in total. The minimum Gasteiger partial charge on any atom is -0.358 e. The molecular formula is C29H42N4O3. The summed E-state index contributed by atoms with van der Waals surface area (Å²) in [6.07, 6.45) is 7.00. The zero-order chi connectivity index (χ0) is 27.0. The van der Waals surface area contributed by atoms with Gasteiger partial charge in [-0.2, -0.15) is 0 Å². The minimum atomic E-state index is -0.686. The number of allylic oxidation sites excluding steroid dienone is 2. The van der Waals surface area contributed by atoms with E-state index in [9.17, 15) is 14.4 Å². The van der Waals surface area contributed by atoms with Gasteiger partial charge in [-0.3, -0.25) is 14.4 Å². The smallest absolute Gasteiger partial charge is 0.246 e. The molecule has 3 amide bonds. The second-order valence-corrected chi connectivity index (χ2v) is 10.4. The van der Waals surface area contributed by atoms with Crippen molar-refractivity contribution in [3.8, 4) is 0 Å². The molecule has 36 heavy (non-hydrogen) atoms. The average Bonchev–Trinajstić information content (AvgIpc) is 3.15. The van der Waals surface area contributed by atoms with Crippen LogP contribution in [0.3, 0.4) is 0 Å². The van der Waals surface area contributed by atoms with Gasteiger partial charge >= 0.3 is 0 Å². The van der Waals surface area contributed by atoms with Crippen LogP contribution in [0.5, 0.6) is 0 Å². The van der Waals surface area contributed by atoms with Gasteiger partial charge in [0.15, 0.2) is 0 Å². The van der Waals surface area contributed by atoms with Gasteiger partial charge in [0.1, 0.15) is 12.1 Å². The number of nitrogens with zero attached hydrogens (tertiary/aromatic N) is 1. The van der Waals surface area contributed by atoms with Crippen LogP contribution in [-0.2, 0) is 20.8 Å². The molecule has 2 unspecified atom stereocenters. The first-order valence-corrected chi connectivity index (χ1v) is 12.7. The summed E-state index contributed by atoms with van der Waals surface area (Å²) in [6.45, 7) is 13.3. The molecule has 7 heteroatoms. The molecule has 0 saturated carbocycles. The molecule has 0 aliphatic carbocycles. The van der Waals surface area contributed by atoms with Crippen molar-refractivity contribution >= 4 is 34.7 Å². The van der Waals surface area contributed by atoms with E-state index in [1.54, 1.807) is 13.2 Å². The standard InChI is InChI=1S/C29H42N4O3/c1-18(2)13-14-25-23(22-11-9-10-12-24(22)32-25)15-16-30-28(35)26(17-19(3)4)33(8)29(36)27(20(5)6)31-21(7)34/h9-13,15-16,19-20,26-27,32H,14,17H2,1-8H3,(H,30,35)(H,31,34)/b16-15-. The Bertz CT molecular complexity index is 1120. The number of benzene rings is 1. The van der Waals surface area contributed by atoms with Crippen molar-refractivity contribution in [1.82, 2.24) is 20.5 Å². The van der Waals surface area contributed by atoms with Gasteiger partial charge in [-0.25, -0.2) is 0 Å². The van der Waals surface area contributed by atoms with Crippen LogP contribution in [0.4, 0.5) is 0 Å². The molecule has 196 valence electrons. The third-order valence-corrected chi connectivity index (χ3v) is 6.12. The lowest BCUT2D eigenvalue weighted by molar-refractivity contribution is -0.142. The van der Waals surface area contributed by atoms with Crippen molar-refractivity contribution < 1.29 is 14.4 Å². The molecule has 0 spiro atoms. The number of amides is 3. The molecule has 1 aromatic carbocycles. The van der Waals surface area contributed by atoms with E-state index in [0.29, 0.717) is 6.42 Å². The van der Waals surface area contributed by atoms with Crippen molar-refractivity contribution in [3.05, 3.63) is 53.4 Å². The summed E-state index contributed by atoms with van der Waals surface area (Å²) in [6, 6.07) is 6.74. The number of aromatic nitrogens is 1. The first kappa shape index (κ1) is 28.9. The van der Waals surface area contributed by atoms with Crippen LogP contribution in [0, 0.1) is 11.8 Å². The Balaban J connectivity index is 2.27. The van der Waals surface area contributed by atoms with Crippen molar-refractivity contribution in [2.75, 3.05) is 7.05 Å². The largest absolute Gasteiger partial charge is 0.358 e. The highest BCUT2D eigenvalue weighted by atomic mass is 16.2. The Morgan fingerprint density at radius 2 is 1.72 bits per heavy atom. The predicted octanol–water partition coefficient (Wildman–Crippen LogP) is 4.80. The highest BCUT2D eigenvalue weighted by Crippen LogP contribution is 2.24. The third-order valence-electron chi connectivity index (χ3n) is 6.12. The van der Waals surface area contributed by atoms with Crippen LogP contribution in [0.1, 0.15) is 66.1 Å². The minimum absolute atomic E-state index is 0.104. The monoisotopic (exact) mass is 494 g/mol. The molecular weight excluding hydrogens is 452 g/mol. The van der Waals surface area contributed by atoms with E-state index in [-0.39, 0.29) is 29.6 Å². The van der Waals surface area contributed by atoms with Gasteiger partial charge in [0.25, 0.3) is 0 Å². The first-order chi connectivity index (χ1) is 16.9. The summed E-state index contributed by atoms with van der Waals surface area (Å²) < 4.78 is 0. The lowest BCUT2D eigenvalue weighted by Gasteiger charge is -2.32.